The number of hydrogen-bond acceptors (Lipinski definition) is 5. The highest BCUT2D eigenvalue weighted by Gasteiger charge is 2.28. The second kappa shape index (κ2) is 7.85. The Morgan fingerprint density at radius 3 is 2.38 bits per heavy atom. The summed E-state index contributed by atoms with van der Waals surface area (Å²) in [5.74, 6) is 1.09. The van der Waals surface area contributed by atoms with Gasteiger partial charge in [0.1, 0.15) is 17.1 Å². The van der Waals surface area contributed by atoms with E-state index in [9.17, 15) is 4.79 Å². The Kier molecular flexibility index (Phi) is 5.58. The van der Waals surface area contributed by atoms with Crippen LogP contribution in [0.1, 0.15) is 23.2 Å². The lowest BCUT2D eigenvalue weighted by molar-refractivity contribution is 0.0429. The van der Waals surface area contributed by atoms with Crippen molar-refractivity contribution in [2.75, 3.05) is 53.6 Å². The molecule has 2 fully saturated rings. The SMILES string of the molecule is COc1cccc(OC)c1C(=O)N1CCN(CC2CCCO2)CC1. The molecule has 0 spiro atoms. The van der Waals surface area contributed by atoms with Crippen molar-refractivity contribution in [2.24, 2.45) is 0 Å². The van der Waals surface area contributed by atoms with Gasteiger partial charge in [-0.1, -0.05) is 6.07 Å². The van der Waals surface area contributed by atoms with E-state index in [1.54, 1.807) is 26.4 Å². The summed E-state index contributed by atoms with van der Waals surface area (Å²) in [6.45, 7) is 5.04. The molecule has 0 aliphatic carbocycles. The molecule has 2 aliphatic heterocycles. The van der Waals surface area contributed by atoms with Crippen LogP contribution in [0, 0.1) is 0 Å². The Morgan fingerprint density at radius 2 is 1.83 bits per heavy atom. The molecule has 2 aliphatic rings. The molecule has 0 aromatic heterocycles. The maximum atomic E-state index is 12.9. The highest BCUT2D eigenvalue weighted by atomic mass is 16.5. The van der Waals surface area contributed by atoms with Gasteiger partial charge in [0.2, 0.25) is 0 Å². The number of piperazine rings is 1. The zero-order valence-corrected chi connectivity index (χ0v) is 14.5. The molecule has 0 radical (unpaired) electrons. The van der Waals surface area contributed by atoms with E-state index in [0.717, 1.165) is 39.1 Å². The maximum Gasteiger partial charge on any atom is 0.261 e. The summed E-state index contributed by atoms with van der Waals surface area (Å²) in [4.78, 5) is 17.2. The Hall–Kier alpha value is -1.79. The van der Waals surface area contributed by atoms with Crippen LogP contribution in [0.25, 0.3) is 0 Å². The fourth-order valence-electron chi connectivity index (χ4n) is 3.43. The van der Waals surface area contributed by atoms with Gasteiger partial charge >= 0.3 is 0 Å². The van der Waals surface area contributed by atoms with Crippen molar-refractivity contribution < 1.29 is 19.0 Å². The predicted molar refractivity (Wildman–Crippen MR) is 90.9 cm³/mol. The molecule has 6 heteroatoms. The predicted octanol–water partition coefficient (Wildman–Crippen LogP) is 1.64. The molecule has 1 unspecified atom stereocenters. The molecule has 24 heavy (non-hydrogen) atoms. The van der Waals surface area contributed by atoms with Crippen molar-refractivity contribution in [1.29, 1.82) is 0 Å². The average Bonchev–Trinajstić information content (AvgIpc) is 3.14. The Balaban J connectivity index is 1.63. The first kappa shape index (κ1) is 17.0. The summed E-state index contributed by atoms with van der Waals surface area (Å²) in [6.07, 6.45) is 2.68. The molecule has 0 saturated carbocycles. The summed E-state index contributed by atoms with van der Waals surface area (Å²) in [5, 5.41) is 0. The van der Waals surface area contributed by atoms with Gasteiger partial charge in [-0.2, -0.15) is 0 Å². The Labute approximate surface area is 143 Å². The van der Waals surface area contributed by atoms with Crippen LogP contribution in [-0.2, 0) is 4.74 Å². The van der Waals surface area contributed by atoms with Crippen molar-refractivity contribution in [3.05, 3.63) is 23.8 Å². The van der Waals surface area contributed by atoms with Gasteiger partial charge < -0.3 is 19.1 Å². The summed E-state index contributed by atoms with van der Waals surface area (Å²) in [6, 6.07) is 5.42. The van der Waals surface area contributed by atoms with Crippen LogP contribution in [0.2, 0.25) is 0 Å². The number of amides is 1. The fourth-order valence-corrected chi connectivity index (χ4v) is 3.43. The molecular weight excluding hydrogens is 308 g/mol. The van der Waals surface area contributed by atoms with Crippen molar-refractivity contribution >= 4 is 5.91 Å². The van der Waals surface area contributed by atoms with Crippen LogP contribution < -0.4 is 9.47 Å². The van der Waals surface area contributed by atoms with Gasteiger partial charge in [-0.15, -0.1) is 0 Å². The van der Waals surface area contributed by atoms with E-state index in [1.807, 2.05) is 11.0 Å². The van der Waals surface area contributed by atoms with Crippen molar-refractivity contribution in [1.82, 2.24) is 9.80 Å². The Bertz CT molecular complexity index is 542. The monoisotopic (exact) mass is 334 g/mol. The average molecular weight is 334 g/mol. The van der Waals surface area contributed by atoms with E-state index < -0.39 is 0 Å². The van der Waals surface area contributed by atoms with E-state index in [-0.39, 0.29) is 5.91 Å². The minimum Gasteiger partial charge on any atom is -0.496 e. The second-order valence-corrected chi connectivity index (χ2v) is 6.27. The van der Waals surface area contributed by atoms with Crippen LogP contribution in [0.15, 0.2) is 18.2 Å². The van der Waals surface area contributed by atoms with Crippen molar-refractivity contribution in [3.63, 3.8) is 0 Å². The fraction of sp³-hybridized carbons (Fsp3) is 0.611. The molecule has 3 rings (SSSR count). The van der Waals surface area contributed by atoms with Crippen LogP contribution in [0.4, 0.5) is 0 Å². The second-order valence-electron chi connectivity index (χ2n) is 6.27. The van der Waals surface area contributed by atoms with E-state index >= 15 is 0 Å². The summed E-state index contributed by atoms with van der Waals surface area (Å²) in [5.41, 5.74) is 0.509. The lowest BCUT2D eigenvalue weighted by atomic mass is 10.1. The van der Waals surface area contributed by atoms with Crippen LogP contribution in [0.5, 0.6) is 11.5 Å². The molecule has 0 N–H and O–H groups in total. The lowest BCUT2D eigenvalue weighted by Gasteiger charge is -2.36. The van der Waals surface area contributed by atoms with Gasteiger partial charge in [0, 0.05) is 39.3 Å². The minimum absolute atomic E-state index is 0.0268. The van der Waals surface area contributed by atoms with Crippen molar-refractivity contribution in [2.45, 2.75) is 18.9 Å². The van der Waals surface area contributed by atoms with Gasteiger partial charge in [-0.3, -0.25) is 9.69 Å². The van der Waals surface area contributed by atoms with E-state index in [4.69, 9.17) is 14.2 Å². The van der Waals surface area contributed by atoms with E-state index in [0.29, 0.717) is 36.3 Å². The molecule has 1 amide bonds. The number of nitrogens with zero attached hydrogens (tertiary/aromatic N) is 2. The van der Waals surface area contributed by atoms with Gasteiger partial charge in [0.15, 0.2) is 0 Å². The summed E-state index contributed by atoms with van der Waals surface area (Å²) < 4.78 is 16.4. The third-order valence-electron chi connectivity index (χ3n) is 4.79. The number of methoxy groups -OCH3 is 2. The lowest BCUT2D eigenvalue weighted by Crippen LogP contribution is -2.50. The largest absolute Gasteiger partial charge is 0.496 e. The number of carbonyl (C=O) groups is 1. The smallest absolute Gasteiger partial charge is 0.261 e. The first-order valence-electron chi connectivity index (χ1n) is 8.57. The van der Waals surface area contributed by atoms with Gasteiger partial charge in [-0.25, -0.2) is 0 Å². The number of hydrogen-bond donors (Lipinski definition) is 0. The quantitative estimate of drug-likeness (QED) is 0.819. The van der Waals surface area contributed by atoms with Gasteiger partial charge in [-0.05, 0) is 25.0 Å². The first-order valence-corrected chi connectivity index (χ1v) is 8.57. The third-order valence-corrected chi connectivity index (χ3v) is 4.79. The number of benzene rings is 1. The van der Waals surface area contributed by atoms with Crippen LogP contribution in [-0.4, -0.2) is 75.4 Å². The Morgan fingerprint density at radius 1 is 1.17 bits per heavy atom. The van der Waals surface area contributed by atoms with Gasteiger partial charge in [0.05, 0.1) is 20.3 Å². The van der Waals surface area contributed by atoms with E-state index in [2.05, 4.69) is 4.90 Å². The standard InChI is InChI=1S/C18H26N2O4/c1-22-15-6-3-7-16(23-2)17(15)18(21)20-10-8-19(9-11-20)13-14-5-4-12-24-14/h3,6-7,14H,4-5,8-13H2,1-2H3. The normalized spacial score (nSPS) is 21.8. The molecule has 6 nitrogen and oxygen atoms in total. The number of rotatable bonds is 5. The molecular formula is C18H26N2O4. The topological polar surface area (TPSA) is 51.2 Å². The zero-order valence-electron chi connectivity index (χ0n) is 14.5. The van der Waals surface area contributed by atoms with Crippen LogP contribution in [0.3, 0.4) is 0 Å². The minimum atomic E-state index is -0.0268. The maximum absolute atomic E-state index is 12.9. The summed E-state index contributed by atoms with van der Waals surface area (Å²) >= 11 is 0. The highest BCUT2D eigenvalue weighted by Crippen LogP contribution is 2.30. The molecule has 1 atom stereocenters. The van der Waals surface area contributed by atoms with E-state index in [1.165, 1.54) is 0 Å². The molecule has 2 heterocycles. The zero-order chi connectivity index (χ0) is 16.9. The molecule has 132 valence electrons. The molecule has 1 aromatic carbocycles. The first-order chi connectivity index (χ1) is 11.7. The number of carbonyl (C=O) groups excluding carboxylic acids is 1. The highest BCUT2D eigenvalue weighted by molar-refractivity contribution is 5.99. The summed E-state index contributed by atoms with van der Waals surface area (Å²) in [7, 11) is 3.15. The van der Waals surface area contributed by atoms with Crippen LogP contribution >= 0.6 is 0 Å². The van der Waals surface area contributed by atoms with Gasteiger partial charge in [0.25, 0.3) is 5.91 Å². The van der Waals surface area contributed by atoms with Crippen molar-refractivity contribution in [3.8, 4) is 11.5 Å². The number of ether oxygens (including phenoxy) is 3. The third kappa shape index (κ3) is 3.65. The molecule has 2 saturated heterocycles. The molecule has 0 bridgehead atoms. The molecule has 1 aromatic rings.